The van der Waals surface area contributed by atoms with Crippen LogP contribution in [0.1, 0.15) is 52.9 Å². The second-order valence-corrected chi connectivity index (χ2v) is 5.77. The monoisotopic (exact) mass is 288 g/mol. The Morgan fingerprint density at radius 3 is 2.10 bits per heavy atom. The molecular formula is C14H28N2O4. The molecule has 0 saturated heterocycles. The summed E-state index contributed by atoms with van der Waals surface area (Å²) in [6.07, 6.45) is 4.75. The molecule has 0 atom stereocenters. The molecule has 0 spiro atoms. The first-order valence-corrected chi connectivity index (χ1v) is 7.20. The van der Waals surface area contributed by atoms with E-state index in [1.54, 1.807) is 0 Å². The SMILES string of the molecule is CC(C)(C)OC(=O)NCCCCCCCNCC(=O)O. The van der Waals surface area contributed by atoms with E-state index in [0.717, 1.165) is 38.6 Å². The van der Waals surface area contributed by atoms with Crippen molar-refractivity contribution in [2.75, 3.05) is 19.6 Å². The number of carbonyl (C=O) groups excluding carboxylic acids is 1. The van der Waals surface area contributed by atoms with Crippen molar-refractivity contribution in [1.29, 1.82) is 0 Å². The smallest absolute Gasteiger partial charge is 0.407 e. The highest BCUT2D eigenvalue weighted by atomic mass is 16.6. The van der Waals surface area contributed by atoms with Crippen LogP contribution in [0.2, 0.25) is 0 Å². The van der Waals surface area contributed by atoms with E-state index in [2.05, 4.69) is 10.6 Å². The third-order valence-corrected chi connectivity index (χ3v) is 2.47. The maximum Gasteiger partial charge on any atom is 0.407 e. The van der Waals surface area contributed by atoms with E-state index in [9.17, 15) is 9.59 Å². The van der Waals surface area contributed by atoms with Gasteiger partial charge < -0.3 is 20.5 Å². The van der Waals surface area contributed by atoms with E-state index in [1.165, 1.54) is 0 Å². The number of carboxylic acids is 1. The average Bonchev–Trinajstić information content (AvgIpc) is 2.28. The number of nitrogens with one attached hydrogen (secondary N) is 2. The Labute approximate surface area is 121 Å². The zero-order valence-electron chi connectivity index (χ0n) is 12.8. The van der Waals surface area contributed by atoms with Gasteiger partial charge in [0, 0.05) is 6.54 Å². The topological polar surface area (TPSA) is 87.7 Å². The molecule has 0 saturated carbocycles. The third kappa shape index (κ3) is 14.8. The fourth-order valence-corrected chi connectivity index (χ4v) is 1.61. The molecule has 0 unspecified atom stereocenters. The van der Waals surface area contributed by atoms with Crippen LogP contribution in [0.25, 0.3) is 0 Å². The summed E-state index contributed by atoms with van der Waals surface area (Å²) >= 11 is 0. The minimum absolute atomic E-state index is 0.0276. The summed E-state index contributed by atoms with van der Waals surface area (Å²) in [5.41, 5.74) is -0.451. The van der Waals surface area contributed by atoms with Gasteiger partial charge in [-0.05, 0) is 40.2 Å². The highest BCUT2D eigenvalue weighted by Crippen LogP contribution is 2.06. The van der Waals surface area contributed by atoms with Gasteiger partial charge in [0.25, 0.3) is 0 Å². The van der Waals surface area contributed by atoms with Gasteiger partial charge in [0.2, 0.25) is 0 Å². The number of alkyl carbamates (subject to hydrolysis) is 1. The molecule has 6 nitrogen and oxygen atoms in total. The largest absolute Gasteiger partial charge is 0.480 e. The van der Waals surface area contributed by atoms with Crippen LogP contribution >= 0.6 is 0 Å². The van der Waals surface area contributed by atoms with Gasteiger partial charge in [-0.1, -0.05) is 19.3 Å². The van der Waals surface area contributed by atoms with E-state index < -0.39 is 11.6 Å². The lowest BCUT2D eigenvalue weighted by atomic mass is 10.1. The van der Waals surface area contributed by atoms with Gasteiger partial charge in [-0.15, -0.1) is 0 Å². The molecule has 0 aliphatic rings. The van der Waals surface area contributed by atoms with Gasteiger partial charge in [-0.2, -0.15) is 0 Å². The maximum atomic E-state index is 11.3. The lowest BCUT2D eigenvalue weighted by molar-refractivity contribution is -0.135. The lowest BCUT2D eigenvalue weighted by Crippen LogP contribution is -2.32. The number of hydrogen-bond donors (Lipinski definition) is 3. The molecule has 0 heterocycles. The minimum Gasteiger partial charge on any atom is -0.480 e. The first-order valence-electron chi connectivity index (χ1n) is 7.20. The predicted octanol–water partition coefficient (Wildman–Crippen LogP) is 2.14. The molecule has 0 aromatic heterocycles. The summed E-state index contributed by atoms with van der Waals surface area (Å²) in [4.78, 5) is 21.6. The molecular weight excluding hydrogens is 260 g/mol. The lowest BCUT2D eigenvalue weighted by Gasteiger charge is -2.19. The Hall–Kier alpha value is -1.30. The van der Waals surface area contributed by atoms with Crippen molar-refractivity contribution < 1.29 is 19.4 Å². The summed E-state index contributed by atoms with van der Waals surface area (Å²) in [5.74, 6) is -0.821. The predicted molar refractivity (Wildman–Crippen MR) is 77.8 cm³/mol. The summed E-state index contributed by atoms with van der Waals surface area (Å²) in [6.45, 7) is 6.91. The van der Waals surface area contributed by atoms with Gasteiger partial charge >= 0.3 is 12.1 Å². The van der Waals surface area contributed by atoms with Crippen LogP contribution in [0.15, 0.2) is 0 Å². The Bertz CT molecular complexity index is 287. The normalized spacial score (nSPS) is 11.2. The van der Waals surface area contributed by atoms with Gasteiger partial charge in [0.15, 0.2) is 0 Å². The fourth-order valence-electron chi connectivity index (χ4n) is 1.61. The highest BCUT2D eigenvalue weighted by molar-refractivity contribution is 5.69. The molecule has 0 fully saturated rings. The molecule has 0 radical (unpaired) electrons. The summed E-state index contributed by atoms with van der Waals surface area (Å²) < 4.78 is 5.12. The summed E-state index contributed by atoms with van der Waals surface area (Å²) in [7, 11) is 0. The first kappa shape index (κ1) is 18.7. The second kappa shape index (κ2) is 10.5. The van der Waals surface area contributed by atoms with Crippen molar-refractivity contribution in [2.24, 2.45) is 0 Å². The standard InChI is InChI=1S/C14H28N2O4/c1-14(2,3)20-13(19)16-10-8-6-4-5-7-9-15-11-12(17)18/h15H,4-11H2,1-3H3,(H,16,19)(H,17,18). The molecule has 6 heteroatoms. The van der Waals surface area contributed by atoms with Crippen LogP contribution < -0.4 is 10.6 Å². The van der Waals surface area contributed by atoms with E-state index in [0.29, 0.717) is 6.54 Å². The molecule has 0 aliphatic carbocycles. The van der Waals surface area contributed by atoms with Crippen molar-refractivity contribution >= 4 is 12.1 Å². The highest BCUT2D eigenvalue weighted by Gasteiger charge is 2.15. The Balaban J connectivity index is 3.25. The second-order valence-electron chi connectivity index (χ2n) is 5.77. The van der Waals surface area contributed by atoms with Crippen molar-refractivity contribution in [1.82, 2.24) is 10.6 Å². The number of hydrogen-bond acceptors (Lipinski definition) is 4. The van der Waals surface area contributed by atoms with Gasteiger partial charge in [-0.25, -0.2) is 4.79 Å². The van der Waals surface area contributed by atoms with Crippen molar-refractivity contribution in [3.05, 3.63) is 0 Å². The fraction of sp³-hybridized carbons (Fsp3) is 0.857. The Morgan fingerprint density at radius 2 is 1.55 bits per heavy atom. The molecule has 0 aromatic rings. The van der Waals surface area contributed by atoms with Crippen LogP contribution in [0.3, 0.4) is 0 Å². The average molecular weight is 288 g/mol. The van der Waals surface area contributed by atoms with Crippen molar-refractivity contribution in [2.45, 2.75) is 58.5 Å². The minimum atomic E-state index is -0.821. The number of amides is 1. The zero-order valence-corrected chi connectivity index (χ0v) is 12.8. The zero-order chi connectivity index (χ0) is 15.4. The van der Waals surface area contributed by atoms with Crippen LogP contribution in [0, 0.1) is 0 Å². The van der Waals surface area contributed by atoms with Crippen LogP contribution in [-0.4, -0.2) is 42.4 Å². The van der Waals surface area contributed by atoms with Crippen LogP contribution in [0.4, 0.5) is 4.79 Å². The van der Waals surface area contributed by atoms with Gasteiger partial charge in [0.1, 0.15) is 5.60 Å². The molecule has 1 amide bonds. The first-order chi connectivity index (χ1) is 9.31. The van der Waals surface area contributed by atoms with Crippen molar-refractivity contribution in [3.63, 3.8) is 0 Å². The third-order valence-electron chi connectivity index (χ3n) is 2.47. The number of aliphatic carboxylic acids is 1. The molecule has 118 valence electrons. The molecule has 0 aliphatic heterocycles. The summed E-state index contributed by atoms with van der Waals surface area (Å²) in [6, 6.07) is 0. The quantitative estimate of drug-likeness (QED) is 0.536. The summed E-state index contributed by atoms with van der Waals surface area (Å²) in [5, 5.41) is 14.0. The Morgan fingerprint density at radius 1 is 1.00 bits per heavy atom. The number of carboxylic acid groups (broad SMARTS) is 1. The molecule has 3 N–H and O–H groups in total. The van der Waals surface area contributed by atoms with Crippen LogP contribution in [-0.2, 0) is 9.53 Å². The van der Waals surface area contributed by atoms with E-state index in [-0.39, 0.29) is 12.6 Å². The van der Waals surface area contributed by atoms with E-state index in [4.69, 9.17) is 9.84 Å². The van der Waals surface area contributed by atoms with E-state index in [1.807, 2.05) is 20.8 Å². The molecule has 0 bridgehead atoms. The number of unbranched alkanes of at least 4 members (excludes halogenated alkanes) is 4. The molecule has 0 aromatic carbocycles. The van der Waals surface area contributed by atoms with Crippen molar-refractivity contribution in [3.8, 4) is 0 Å². The molecule has 20 heavy (non-hydrogen) atoms. The molecule has 0 rings (SSSR count). The Kier molecular flexibility index (Phi) is 9.80. The maximum absolute atomic E-state index is 11.3. The number of ether oxygens (including phenoxy) is 1. The van der Waals surface area contributed by atoms with Gasteiger partial charge in [-0.3, -0.25) is 4.79 Å². The van der Waals surface area contributed by atoms with Crippen LogP contribution in [0.5, 0.6) is 0 Å². The number of carbonyl (C=O) groups is 2. The van der Waals surface area contributed by atoms with Gasteiger partial charge in [0.05, 0.1) is 6.54 Å². The number of rotatable bonds is 10. The van der Waals surface area contributed by atoms with E-state index >= 15 is 0 Å².